The van der Waals surface area contributed by atoms with Gasteiger partial charge in [0.15, 0.2) is 0 Å². The maximum atomic E-state index is 11.0. The molecule has 0 amide bonds. The van der Waals surface area contributed by atoms with Gasteiger partial charge in [0.1, 0.15) is 17.1 Å². The summed E-state index contributed by atoms with van der Waals surface area (Å²) in [6.07, 6.45) is 0. The van der Waals surface area contributed by atoms with Crippen molar-refractivity contribution < 1.29 is 19.1 Å². The Balaban J connectivity index is 2.13. The van der Waals surface area contributed by atoms with Crippen molar-refractivity contribution in [2.45, 2.75) is 6.92 Å². The van der Waals surface area contributed by atoms with Crippen LogP contribution < -0.4 is 4.74 Å². The van der Waals surface area contributed by atoms with Crippen molar-refractivity contribution in [2.24, 2.45) is 0 Å². The average molecular weight is 282 g/mol. The number of carboxylic acids is 1. The molecule has 106 valence electrons. The van der Waals surface area contributed by atoms with E-state index in [0.29, 0.717) is 5.58 Å². The number of hydrogen-bond donors (Lipinski definition) is 1. The minimum atomic E-state index is -0.961. The third kappa shape index (κ3) is 2.25. The van der Waals surface area contributed by atoms with Gasteiger partial charge < -0.3 is 14.3 Å². The van der Waals surface area contributed by atoms with Crippen LogP contribution in [-0.4, -0.2) is 18.2 Å². The van der Waals surface area contributed by atoms with E-state index in [9.17, 15) is 4.79 Å². The Bertz CT molecular complexity index is 813. The number of furan rings is 1. The van der Waals surface area contributed by atoms with Gasteiger partial charge in [0.2, 0.25) is 0 Å². The Morgan fingerprint density at radius 1 is 1.14 bits per heavy atom. The van der Waals surface area contributed by atoms with Crippen LogP contribution in [0.3, 0.4) is 0 Å². The molecule has 0 saturated heterocycles. The molecule has 0 bridgehead atoms. The van der Waals surface area contributed by atoms with Crippen LogP contribution in [0.4, 0.5) is 0 Å². The number of fused-ring (bicyclic) bond motifs is 1. The van der Waals surface area contributed by atoms with E-state index in [1.54, 1.807) is 25.3 Å². The smallest absolute Gasteiger partial charge is 0.335 e. The molecule has 2 aromatic carbocycles. The normalized spacial score (nSPS) is 10.8. The molecule has 0 spiro atoms. The van der Waals surface area contributed by atoms with E-state index in [1.807, 2.05) is 31.2 Å². The summed E-state index contributed by atoms with van der Waals surface area (Å²) in [5, 5.41) is 9.96. The lowest BCUT2D eigenvalue weighted by atomic mass is 10.1. The minimum absolute atomic E-state index is 0.220. The first-order valence-corrected chi connectivity index (χ1v) is 6.51. The summed E-state index contributed by atoms with van der Waals surface area (Å²) in [4.78, 5) is 11.0. The zero-order valence-corrected chi connectivity index (χ0v) is 11.7. The molecule has 0 unspecified atom stereocenters. The van der Waals surface area contributed by atoms with Gasteiger partial charge in [-0.05, 0) is 49.4 Å². The van der Waals surface area contributed by atoms with Gasteiger partial charge in [-0.25, -0.2) is 4.79 Å². The number of carboxylic acid groups (broad SMARTS) is 1. The molecule has 4 heteroatoms. The Labute approximate surface area is 121 Å². The van der Waals surface area contributed by atoms with E-state index in [1.165, 1.54) is 0 Å². The van der Waals surface area contributed by atoms with E-state index in [-0.39, 0.29) is 5.56 Å². The summed E-state index contributed by atoms with van der Waals surface area (Å²) >= 11 is 0. The van der Waals surface area contributed by atoms with Gasteiger partial charge in [-0.3, -0.25) is 0 Å². The molecular weight excluding hydrogens is 268 g/mol. The van der Waals surface area contributed by atoms with Crippen molar-refractivity contribution >= 4 is 16.9 Å². The molecule has 3 rings (SSSR count). The molecule has 0 aliphatic carbocycles. The third-order valence-corrected chi connectivity index (χ3v) is 3.54. The van der Waals surface area contributed by atoms with Crippen LogP contribution in [0.5, 0.6) is 5.75 Å². The van der Waals surface area contributed by atoms with E-state index >= 15 is 0 Å². The van der Waals surface area contributed by atoms with Crippen molar-refractivity contribution in [3.05, 3.63) is 53.6 Å². The first-order valence-electron chi connectivity index (χ1n) is 6.51. The maximum Gasteiger partial charge on any atom is 0.335 e. The molecule has 0 fully saturated rings. The number of carbonyl (C=O) groups is 1. The fraction of sp³-hybridized carbons (Fsp3) is 0.118. The summed E-state index contributed by atoms with van der Waals surface area (Å²) in [5.41, 5.74) is 2.73. The van der Waals surface area contributed by atoms with Crippen molar-refractivity contribution in [3.63, 3.8) is 0 Å². The van der Waals surface area contributed by atoms with Gasteiger partial charge >= 0.3 is 5.97 Å². The standard InChI is InChI=1S/C17H14O4/c1-10-14-8-5-12(17(18)19)9-15(14)21-16(10)11-3-6-13(20-2)7-4-11/h3-9H,1-2H3,(H,18,19). The number of hydrogen-bond acceptors (Lipinski definition) is 3. The van der Waals surface area contributed by atoms with Crippen LogP contribution in [0.15, 0.2) is 46.9 Å². The number of aromatic carboxylic acids is 1. The topological polar surface area (TPSA) is 59.7 Å². The molecule has 1 heterocycles. The van der Waals surface area contributed by atoms with Crippen molar-refractivity contribution in [1.29, 1.82) is 0 Å². The highest BCUT2D eigenvalue weighted by molar-refractivity contribution is 5.95. The van der Waals surface area contributed by atoms with Crippen LogP contribution in [0, 0.1) is 6.92 Å². The third-order valence-electron chi connectivity index (χ3n) is 3.54. The number of aryl methyl sites for hydroxylation is 1. The monoisotopic (exact) mass is 282 g/mol. The second kappa shape index (κ2) is 4.98. The zero-order valence-electron chi connectivity index (χ0n) is 11.7. The first-order chi connectivity index (χ1) is 10.1. The number of benzene rings is 2. The van der Waals surface area contributed by atoms with E-state index in [2.05, 4.69) is 0 Å². The molecule has 4 nitrogen and oxygen atoms in total. The van der Waals surface area contributed by atoms with Gasteiger partial charge in [-0.1, -0.05) is 0 Å². The second-order valence-electron chi connectivity index (χ2n) is 4.80. The predicted octanol–water partition coefficient (Wildman–Crippen LogP) is 4.12. The summed E-state index contributed by atoms with van der Waals surface area (Å²) in [6, 6.07) is 12.5. The van der Waals surface area contributed by atoms with Gasteiger partial charge in [-0.2, -0.15) is 0 Å². The molecule has 3 aromatic rings. The van der Waals surface area contributed by atoms with Crippen molar-refractivity contribution in [1.82, 2.24) is 0 Å². The summed E-state index contributed by atoms with van der Waals surface area (Å²) in [7, 11) is 1.62. The van der Waals surface area contributed by atoms with Gasteiger partial charge in [0.25, 0.3) is 0 Å². The fourth-order valence-electron chi connectivity index (χ4n) is 2.38. The quantitative estimate of drug-likeness (QED) is 0.785. The van der Waals surface area contributed by atoms with Crippen LogP contribution in [0.2, 0.25) is 0 Å². The molecule has 0 aliphatic rings. The lowest BCUT2D eigenvalue weighted by molar-refractivity contribution is 0.0697. The first kappa shape index (κ1) is 13.2. The Morgan fingerprint density at radius 3 is 2.48 bits per heavy atom. The molecule has 0 saturated carbocycles. The molecule has 1 aromatic heterocycles. The fourth-order valence-corrected chi connectivity index (χ4v) is 2.38. The Kier molecular flexibility index (Phi) is 3.14. The van der Waals surface area contributed by atoms with Crippen molar-refractivity contribution in [2.75, 3.05) is 7.11 Å². The summed E-state index contributed by atoms with van der Waals surface area (Å²) in [5.74, 6) is 0.563. The van der Waals surface area contributed by atoms with Gasteiger partial charge in [0.05, 0.1) is 12.7 Å². The Morgan fingerprint density at radius 2 is 1.86 bits per heavy atom. The highest BCUT2D eigenvalue weighted by atomic mass is 16.5. The van der Waals surface area contributed by atoms with E-state index < -0.39 is 5.97 Å². The lowest BCUT2D eigenvalue weighted by Gasteiger charge is -2.01. The minimum Gasteiger partial charge on any atom is -0.497 e. The van der Waals surface area contributed by atoms with Crippen LogP contribution in [-0.2, 0) is 0 Å². The number of ether oxygens (including phenoxy) is 1. The number of rotatable bonds is 3. The summed E-state index contributed by atoms with van der Waals surface area (Å²) in [6.45, 7) is 1.96. The Hall–Kier alpha value is -2.75. The van der Waals surface area contributed by atoms with Crippen LogP contribution in [0.1, 0.15) is 15.9 Å². The van der Waals surface area contributed by atoms with E-state index in [4.69, 9.17) is 14.3 Å². The molecule has 0 atom stereocenters. The highest BCUT2D eigenvalue weighted by Gasteiger charge is 2.14. The van der Waals surface area contributed by atoms with Crippen LogP contribution in [0.25, 0.3) is 22.3 Å². The largest absolute Gasteiger partial charge is 0.497 e. The molecule has 1 N–H and O–H groups in total. The van der Waals surface area contributed by atoms with Crippen molar-refractivity contribution in [3.8, 4) is 17.1 Å². The average Bonchev–Trinajstić information content (AvgIpc) is 2.84. The summed E-state index contributed by atoms with van der Waals surface area (Å²) < 4.78 is 11.0. The highest BCUT2D eigenvalue weighted by Crippen LogP contribution is 2.34. The van der Waals surface area contributed by atoms with Gasteiger partial charge in [0, 0.05) is 16.5 Å². The van der Waals surface area contributed by atoms with Gasteiger partial charge in [-0.15, -0.1) is 0 Å². The molecule has 0 radical (unpaired) electrons. The predicted molar refractivity (Wildman–Crippen MR) is 79.9 cm³/mol. The maximum absolute atomic E-state index is 11.0. The molecular formula is C17H14O4. The lowest BCUT2D eigenvalue weighted by Crippen LogP contribution is -1.94. The van der Waals surface area contributed by atoms with E-state index in [0.717, 1.165) is 28.0 Å². The molecule has 0 aliphatic heterocycles. The SMILES string of the molecule is COc1ccc(-c2oc3cc(C(=O)O)ccc3c2C)cc1. The number of methoxy groups -OCH3 is 1. The molecule has 21 heavy (non-hydrogen) atoms. The second-order valence-corrected chi connectivity index (χ2v) is 4.80. The zero-order chi connectivity index (χ0) is 15.0. The van der Waals surface area contributed by atoms with Crippen LogP contribution >= 0.6 is 0 Å².